The van der Waals surface area contributed by atoms with E-state index >= 15 is 0 Å². The normalized spacial score (nSPS) is 18.1. The van der Waals surface area contributed by atoms with Crippen LogP contribution in [0.3, 0.4) is 0 Å². The molecule has 0 bridgehead atoms. The van der Waals surface area contributed by atoms with Gasteiger partial charge in [0, 0.05) is 11.4 Å². The second-order valence-electron chi connectivity index (χ2n) is 4.71. The van der Waals surface area contributed by atoms with Crippen LogP contribution in [0, 0.1) is 25.2 Å². The van der Waals surface area contributed by atoms with E-state index in [0.717, 1.165) is 11.4 Å². The Labute approximate surface area is 121 Å². The van der Waals surface area contributed by atoms with E-state index in [4.69, 9.17) is 4.42 Å². The highest BCUT2D eigenvalue weighted by molar-refractivity contribution is 5.49. The molecule has 3 rings (SSSR count). The number of rotatable bonds is 2. The minimum Gasteiger partial charge on any atom is -0.493 e. The van der Waals surface area contributed by atoms with Gasteiger partial charge in [-0.25, -0.2) is 20.4 Å². The average molecular weight is 283 g/mol. The van der Waals surface area contributed by atoms with Crippen LogP contribution in [0.2, 0.25) is 0 Å². The number of nitrogens with one attached hydrogen (secondary N) is 1. The quantitative estimate of drug-likeness (QED) is 0.870. The molecule has 1 aliphatic rings. The minimum absolute atomic E-state index is 0.160. The zero-order chi connectivity index (χ0) is 15.0. The molecule has 1 atom stereocenters. The Hall–Kier alpha value is -2.85. The first-order chi connectivity index (χ1) is 10.1. The fraction of sp³-hybridized carbons (Fsp3) is 0.214. The van der Waals surface area contributed by atoms with Crippen molar-refractivity contribution < 1.29 is 9.52 Å². The minimum atomic E-state index is -0.561. The Balaban J connectivity index is 2.02. The number of aliphatic hydroxyl groups excluding tert-OH is 1. The maximum absolute atomic E-state index is 10.3. The van der Waals surface area contributed by atoms with Crippen LogP contribution >= 0.6 is 0 Å². The number of furan rings is 1. The molecule has 1 aliphatic heterocycles. The molecular formula is C14H13N5O2. The first-order valence-corrected chi connectivity index (χ1v) is 6.35. The molecule has 0 amide bonds. The molecule has 3 heterocycles. The summed E-state index contributed by atoms with van der Waals surface area (Å²) in [5.74, 6) is 0.598. The third-order valence-electron chi connectivity index (χ3n) is 3.12. The number of hydrogen-bond donors (Lipinski definition) is 2. The van der Waals surface area contributed by atoms with Crippen LogP contribution in [0.4, 0.5) is 5.95 Å². The van der Waals surface area contributed by atoms with Gasteiger partial charge in [-0.15, -0.1) is 0 Å². The average Bonchev–Trinajstić information content (AvgIpc) is 3.04. The van der Waals surface area contributed by atoms with Crippen LogP contribution in [0.1, 0.15) is 23.2 Å². The highest BCUT2D eigenvalue weighted by atomic mass is 16.3. The van der Waals surface area contributed by atoms with Crippen molar-refractivity contribution >= 4 is 5.95 Å². The second-order valence-corrected chi connectivity index (χ2v) is 4.71. The van der Waals surface area contributed by atoms with E-state index in [9.17, 15) is 10.4 Å². The van der Waals surface area contributed by atoms with Crippen molar-refractivity contribution in [2.45, 2.75) is 19.9 Å². The molecule has 0 radical (unpaired) electrons. The van der Waals surface area contributed by atoms with Gasteiger partial charge >= 0.3 is 0 Å². The van der Waals surface area contributed by atoms with Crippen molar-refractivity contribution in [1.82, 2.24) is 15.4 Å². The lowest BCUT2D eigenvalue weighted by Crippen LogP contribution is -2.35. The molecule has 0 saturated heterocycles. The molecule has 0 aliphatic carbocycles. The number of anilines is 1. The van der Waals surface area contributed by atoms with Crippen LogP contribution in [0.25, 0.3) is 0 Å². The fourth-order valence-electron chi connectivity index (χ4n) is 2.24. The summed E-state index contributed by atoms with van der Waals surface area (Å²) in [5, 5.41) is 20.8. The van der Waals surface area contributed by atoms with Gasteiger partial charge in [-0.2, -0.15) is 5.26 Å². The van der Waals surface area contributed by atoms with Gasteiger partial charge in [-0.3, -0.25) is 0 Å². The molecule has 2 aromatic heterocycles. The lowest BCUT2D eigenvalue weighted by Gasteiger charge is -2.18. The smallest absolute Gasteiger partial charge is 0.247 e. The first-order valence-electron chi connectivity index (χ1n) is 6.35. The van der Waals surface area contributed by atoms with E-state index in [2.05, 4.69) is 15.4 Å². The molecule has 2 N–H and O–H groups in total. The van der Waals surface area contributed by atoms with Crippen LogP contribution in [0.5, 0.6) is 0 Å². The maximum Gasteiger partial charge on any atom is 0.247 e. The predicted octanol–water partition coefficient (Wildman–Crippen LogP) is 2.05. The van der Waals surface area contributed by atoms with Crippen LogP contribution < -0.4 is 10.4 Å². The van der Waals surface area contributed by atoms with Crippen LogP contribution in [-0.4, -0.2) is 15.1 Å². The fourth-order valence-corrected chi connectivity index (χ4v) is 2.24. The Morgan fingerprint density at radius 2 is 2.10 bits per heavy atom. The summed E-state index contributed by atoms with van der Waals surface area (Å²) in [4.78, 5) is 8.54. The summed E-state index contributed by atoms with van der Waals surface area (Å²) in [7, 11) is 0. The monoisotopic (exact) mass is 283 g/mol. The SMILES string of the molecule is Cc1cc(C)nc(N2N[C@H](c3ccco3)C(C#N)=C2O)n1. The predicted molar refractivity (Wildman–Crippen MR) is 73.8 cm³/mol. The summed E-state index contributed by atoms with van der Waals surface area (Å²) in [5.41, 5.74) is 4.68. The lowest BCUT2D eigenvalue weighted by molar-refractivity contribution is 0.383. The number of hydrazine groups is 1. The third-order valence-corrected chi connectivity index (χ3v) is 3.12. The molecule has 7 heteroatoms. The Kier molecular flexibility index (Phi) is 3.08. The number of aliphatic hydroxyl groups is 1. The summed E-state index contributed by atoms with van der Waals surface area (Å²) in [6.45, 7) is 3.68. The van der Waals surface area contributed by atoms with Gasteiger partial charge in [0.05, 0.1) is 6.26 Å². The first kappa shape index (κ1) is 13.1. The largest absolute Gasteiger partial charge is 0.493 e. The zero-order valence-electron chi connectivity index (χ0n) is 11.5. The van der Waals surface area contributed by atoms with Crippen molar-refractivity contribution in [3.05, 3.63) is 53.1 Å². The van der Waals surface area contributed by atoms with E-state index in [1.165, 1.54) is 11.3 Å². The lowest BCUT2D eigenvalue weighted by atomic mass is 10.1. The van der Waals surface area contributed by atoms with Crippen LogP contribution in [-0.2, 0) is 0 Å². The Morgan fingerprint density at radius 3 is 2.67 bits per heavy atom. The summed E-state index contributed by atoms with van der Waals surface area (Å²) < 4.78 is 5.30. The summed E-state index contributed by atoms with van der Waals surface area (Å²) in [6.07, 6.45) is 1.51. The van der Waals surface area contributed by atoms with Crippen molar-refractivity contribution in [3.8, 4) is 6.07 Å². The third kappa shape index (κ3) is 2.22. The standard InChI is InChI=1S/C14H13N5O2/c1-8-6-9(2)17-14(16-8)19-13(20)10(7-15)12(18-19)11-4-3-5-21-11/h3-6,12,18,20H,1-2H3/t12-/m0/s1. The molecule has 0 unspecified atom stereocenters. The molecule has 2 aromatic rings. The number of aromatic nitrogens is 2. The van der Waals surface area contributed by atoms with Gasteiger partial charge in [-0.1, -0.05) is 0 Å². The van der Waals surface area contributed by atoms with Gasteiger partial charge < -0.3 is 9.52 Å². The molecular weight excluding hydrogens is 270 g/mol. The molecule has 106 valence electrons. The van der Waals surface area contributed by atoms with Crippen molar-refractivity contribution in [1.29, 1.82) is 5.26 Å². The highest BCUT2D eigenvalue weighted by Gasteiger charge is 2.36. The number of nitriles is 1. The van der Waals surface area contributed by atoms with E-state index in [1.54, 1.807) is 12.1 Å². The van der Waals surface area contributed by atoms with E-state index < -0.39 is 6.04 Å². The van der Waals surface area contributed by atoms with Crippen molar-refractivity contribution in [2.75, 3.05) is 5.01 Å². The number of hydrogen-bond acceptors (Lipinski definition) is 7. The van der Waals surface area contributed by atoms with Crippen molar-refractivity contribution in [3.63, 3.8) is 0 Å². The second kappa shape index (κ2) is 4.92. The van der Waals surface area contributed by atoms with E-state index in [-0.39, 0.29) is 17.4 Å². The van der Waals surface area contributed by atoms with E-state index in [1.807, 2.05) is 26.0 Å². The molecule has 0 fully saturated rings. The topological polar surface area (TPSA) is 98.2 Å². The van der Waals surface area contributed by atoms with Gasteiger partial charge in [0.2, 0.25) is 11.8 Å². The van der Waals surface area contributed by atoms with Crippen LogP contribution in [0.15, 0.2) is 40.3 Å². The number of aryl methyl sites for hydroxylation is 2. The Morgan fingerprint density at radius 1 is 1.38 bits per heavy atom. The summed E-state index contributed by atoms with van der Waals surface area (Å²) in [6, 6.07) is 6.71. The number of nitrogens with zero attached hydrogens (tertiary/aromatic N) is 4. The highest BCUT2D eigenvalue weighted by Crippen LogP contribution is 2.32. The zero-order valence-corrected chi connectivity index (χ0v) is 11.5. The molecule has 0 saturated carbocycles. The van der Waals surface area contributed by atoms with Gasteiger partial charge in [0.15, 0.2) is 0 Å². The Bertz CT molecular complexity index is 725. The van der Waals surface area contributed by atoms with Gasteiger partial charge in [0.25, 0.3) is 0 Å². The maximum atomic E-state index is 10.3. The molecule has 7 nitrogen and oxygen atoms in total. The molecule has 0 spiro atoms. The van der Waals surface area contributed by atoms with Gasteiger partial charge in [-0.05, 0) is 32.0 Å². The van der Waals surface area contributed by atoms with Gasteiger partial charge in [0.1, 0.15) is 23.4 Å². The molecule has 0 aromatic carbocycles. The summed E-state index contributed by atoms with van der Waals surface area (Å²) >= 11 is 0. The van der Waals surface area contributed by atoms with E-state index in [0.29, 0.717) is 5.76 Å². The molecule has 21 heavy (non-hydrogen) atoms. The van der Waals surface area contributed by atoms with Crippen molar-refractivity contribution in [2.24, 2.45) is 0 Å².